The van der Waals surface area contributed by atoms with Crippen LogP contribution >= 0.6 is 23.4 Å². The number of hydrogen-bond donors (Lipinski definition) is 1. The molecule has 1 N–H and O–H groups in total. The number of carbonyl (C=O) groups excluding carboxylic acids is 1. The van der Waals surface area contributed by atoms with E-state index in [1.807, 2.05) is 42.8 Å². The molecule has 1 atom stereocenters. The second-order valence-corrected chi connectivity index (χ2v) is 11.3. The molecule has 32 heavy (non-hydrogen) atoms. The number of nitrogens with zero attached hydrogens (tertiary/aromatic N) is 3. The summed E-state index contributed by atoms with van der Waals surface area (Å²) in [4.78, 5) is 17.4. The predicted octanol–water partition coefficient (Wildman–Crippen LogP) is 4.51. The van der Waals surface area contributed by atoms with E-state index in [1.165, 1.54) is 38.0 Å². The number of imidazole rings is 1. The van der Waals surface area contributed by atoms with E-state index in [0.717, 1.165) is 21.1 Å². The number of benzene rings is 2. The van der Waals surface area contributed by atoms with Crippen LogP contribution in [0.4, 0.5) is 5.69 Å². The lowest BCUT2D eigenvalue weighted by molar-refractivity contribution is -0.115. The summed E-state index contributed by atoms with van der Waals surface area (Å²) in [5.41, 5.74) is 3.03. The molecule has 0 radical (unpaired) electrons. The van der Waals surface area contributed by atoms with Crippen LogP contribution in [0.2, 0.25) is 5.02 Å². The Labute approximate surface area is 197 Å². The first kappa shape index (κ1) is 24.3. The summed E-state index contributed by atoms with van der Waals surface area (Å²) in [6, 6.07) is 10.3. The van der Waals surface area contributed by atoms with Gasteiger partial charge in [-0.1, -0.05) is 35.5 Å². The third-order valence-electron chi connectivity index (χ3n) is 5.00. The van der Waals surface area contributed by atoms with Crippen LogP contribution in [0.5, 0.6) is 0 Å². The Morgan fingerprint density at radius 1 is 1.22 bits per heavy atom. The zero-order valence-corrected chi connectivity index (χ0v) is 20.8. The van der Waals surface area contributed by atoms with Gasteiger partial charge in [-0.3, -0.25) is 9.36 Å². The summed E-state index contributed by atoms with van der Waals surface area (Å²) in [6.45, 7) is 5.52. The second kappa shape index (κ2) is 9.66. The van der Waals surface area contributed by atoms with Gasteiger partial charge in [0.25, 0.3) is 0 Å². The SMILES string of the molecule is Cc1ccc(S(=O)(=O)N(C)C)cc1NC(=O)[C@H](C)Sc1nccn1-c1cccc(Cl)c1C. The molecule has 10 heteroatoms. The fraction of sp³-hybridized carbons (Fsp3) is 0.273. The van der Waals surface area contributed by atoms with Crippen molar-refractivity contribution in [1.82, 2.24) is 13.9 Å². The molecule has 1 heterocycles. The van der Waals surface area contributed by atoms with Crippen molar-refractivity contribution in [3.05, 3.63) is 64.9 Å². The molecule has 3 rings (SSSR count). The Morgan fingerprint density at radius 2 is 1.94 bits per heavy atom. The van der Waals surface area contributed by atoms with Gasteiger partial charge in [0.2, 0.25) is 15.9 Å². The molecule has 1 aromatic heterocycles. The van der Waals surface area contributed by atoms with Crippen molar-refractivity contribution in [3.8, 4) is 5.69 Å². The number of thioether (sulfide) groups is 1. The lowest BCUT2D eigenvalue weighted by Crippen LogP contribution is -2.25. The zero-order valence-electron chi connectivity index (χ0n) is 18.5. The van der Waals surface area contributed by atoms with E-state index in [4.69, 9.17) is 11.6 Å². The summed E-state index contributed by atoms with van der Waals surface area (Å²) in [6.07, 6.45) is 3.50. The van der Waals surface area contributed by atoms with Crippen LogP contribution in [0.3, 0.4) is 0 Å². The Morgan fingerprint density at radius 3 is 2.62 bits per heavy atom. The van der Waals surface area contributed by atoms with Crippen LogP contribution < -0.4 is 5.32 Å². The number of rotatable bonds is 7. The summed E-state index contributed by atoms with van der Waals surface area (Å²) in [7, 11) is -0.668. The molecule has 3 aromatic rings. The van der Waals surface area contributed by atoms with Gasteiger partial charge in [0.05, 0.1) is 15.8 Å². The molecule has 0 fully saturated rings. The molecule has 0 saturated heterocycles. The molecule has 0 unspecified atom stereocenters. The van der Waals surface area contributed by atoms with Crippen molar-refractivity contribution in [2.75, 3.05) is 19.4 Å². The standard InChI is InChI=1S/C22H25ClN4O3S2/c1-14-9-10-17(32(29,30)26(4)5)13-19(14)25-21(28)16(3)31-22-24-11-12-27(22)20-8-6-7-18(23)15(20)2/h6-13,16H,1-5H3,(H,25,28)/t16-/m0/s1. The predicted molar refractivity (Wildman–Crippen MR) is 129 cm³/mol. The minimum absolute atomic E-state index is 0.121. The minimum atomic E-state index is -3.60. The number of hydrogen-bond acceptors (Lipinski definition) is 5. The van der Waals surface area contributed by atoms with Gasteiger partial charge in [-0.05, 0) is 56.2 Å². The minimum Gasteiger partial charge on any atom is -0.325 e. The van der Waals surface area contributed by atoms with E-state index in [2.05, 4.69) is 10.3 Å². The maximum absolute atomic E-state index is 12.9. The topological polar surface area (TPSA) is 84.3 Å². The van der Waals surface area contributed by atoms with Crippen molar-refractivity contribution >= 4 is 45.0 Å². The molecule has 0 bridgehead atoms. The van der Waals surface area contributed by atoms with Gasteiger partial charge in [-0.2, -0.15) is 0 Å². The largest absolute Gasteiger partial charge is 0.325 e. The third-order valence-corrected chi connectivity index (χ3v) is 8.30. The molecule has 0 saturated carbocycles. The third kappa shape index (κ3) is 5.01. The molecule has 1 amide bonds. The fourth-order valence-corrected chi connectivity index (χ4v) is 4.95. The fourth-order valence-electron chi connectivity index (χ4n) is 2.97. The average molecular weight is 493 g/mol. The lowest BCUT2D eigenvalue weighted by Gasteiger charge is -2.17. The second-order valence-electron chi connectivity index (χ2n) is 7.48. The van der Waals surface area contributed by atoms with Gasteiger partial charge in [-0.15, -0.1) is 0 Å². The molecule has 0 aliphatic carbocycles. The van der Waals surface area contributed by atoms with Crippen LogP contribution in [-0.2, 0) is 14.8 Å². The number of amides is 1. The lowest BCUT2D eigenvalue weighted by atomic mass is 10.2. The van der Waals surface area contributed by atoms with Crippen LogP contribution in [0.15, 0.2) is 58.8 Å². The first-order chi connectivity index (χ1) is 15.0. The van der Waals surface area contributed by atoms with E-state index in [9.17, 15) is 13.2 Å². The first-order valence-electron chi connectivity index (χ1n) is 9.82. The number of anilines is 1. The van der Waals surface area contributed by atoms with Crippen molar-refractivity contribution in [2.24, 2.45) is 0 Å². The molecule has 0 spiro atoms. The Hall–Kier alpha value is -2.33. The monoisotopic (exact) mass is 492 g/mol. The smallest absolute Gasteiger partial charge is 0.242 e. The highest BCUT2D eigenvalue weighted by atomic mass is 35.5. The van der Waals surface area contributed by atoms with Crippen molar-refractivity contribution in [2.45, 2.75) is 36.1 Å². The van der Waals surface area contributed by atoms with E-state index < -0.39 is 15.3 Å². The van der Waals surface area contributed by atoms with Gasteiger partial charge >= 0.3 is 0 Å². The highest BCUT2D eigenvalue weighted by molar-refractivity contribution is 8.00. The Kier molecular flexibility index (Phi) is 7.34. The van der Waals surface area contributed by atoms with E-state index in [0.29, 0.717) is 15.9 Å². The number of nitrogens with one attached hydrogen (secondary N) is 1. The number of sulfonamides is 1. The molecule has 7 nitrogen and oxygen atoms in total. The average Bonchev–Trinajstić information content (AvgIpc) is 3.19. The van der Waals surface area contributed by atoms with Crippen LogP contribution in [0, 0.1) is 13.8 Å². The van der Waals surface area contributed by atoms with Crippen LogP contribution in [0.1, 0.15) is 18.1 Å². The molecular weight excluding hydrogens is 468 g/mol. The molecular formula is C22H25ClN4O3S2. The number of halogens is 1. The zero-order chi connectivity index (χ0) is 23.6. The highest BCUT2D eigenvalue weighted by Gasteiger charge is 2.22. The number of carbonyl (C=O) groups is 1. The summed E-state index contributed by atoms with van der Waals surface area (Å²) in [5.74, 6) is -0.255. The van der Waals surface area contributed by atoms with Crippen LogP contribution in [-0.4, -0.2) is 47.5 Å². The van der Waals surface area contributed by atoms with E-state index in [1.54, 1.807) is 19.2 Å². The normalized spacial score (nSPS) is 12.7. The van der Waals surface area contributed by atoms with Gasteiger partial charge in [0.15, 0.2) is 5.16 Å². The quantitative estimate of drug-likeness (QED) is 0.490. The van der Waals surface area contributed by atoms with E-state index >= 15 is 0 Å². The Balaban J connectivity index is 1.80. The maximum atomic E-state index is 12.9. The number of aryl methyl sites for hydroxylation is 1. The summed E-state index contributed by atoms with van der Waals surface area (Å²) < 4.78 is 27.9. The van der Waals surface area contributed by atoms with Gasteiger partial charge in [0.1, 0.15) is 0 Å². The maximum Gasteiger partial charge on any atom is 0.242 e. The van der Waals surface area contributed by atoms with Crippen LogP contribution in [0.25, 0.3) is 5.69 Å². The van der Waals surface area contributed by atoms with Crippen molar-refractivity contribution < 1.29 is 13.2 Å². The van der Waals surface area contributed by atoms with Gasteiger partial charge in [-0.25, -0.2) is 17.7 Å². The Bertz CT molecular complexity index is 1260. The molecule has 0 aliphatic rings. The van der Waals surface area contributed by atoms with Crippen molar-refractivity contribution in [1.29, 1.82) is 0 Å². The molecule has 170 valence electrons. The summed E-state index contributed by atoms with van der Waals surface area (Å²) >= 11 is 7.56. The van der Waals surface area contributed by atoms with E-state index in [-0.39, 0.29) is 10.8 Å². The van der Waals surface area contributed by atoms with Crippen molar-refractivity contribution in [3.63, 3.8) is 0 Å². The molecule has 2 aromatic carbocycles. The summed E-state index contributed by atoms with van der Waals surface area (Å²) in [5, 5.41) is 3.68. The van der Waals surface area contributed by atoms with Gasteiger partial charge in [0, 0.05) is 37.2 Å². The molecule has 0 aliphatic heterocycles. The first-order valence-corrected chi connectivity index (χ1v) is 12.5. The number of aromatic nitrogens is 2. The van der Waals surface area contributed by atoms with Gasteiger partial charge < -0.3 is 5.32 Å². The highest BCUT2D eigenvalue weighted by Crippen LogP contribution is 2.29.